The van der Waals surface area contributed by atoms with Gasteiger partial charge in [0.2, 0.25) is 11.8 Å². The maximum Gasteiger partial charge on any atom is 0.264 e. The zero-order valence-electron chi connectivity index (χ0n) is 22.7. The molecule has 0 radical (unpaired) electrons. The Morgan fingerprint density at radius 2 is 1.47 bits per heavy atom. The highest BCUT2D eigenvalue weighted by molar-refractivity contribution is 7.92. The van der Waals surface area contributed by atoms with Gasteiger partial charge >= 0.3 is 0 Å². The van der Waals surface area contributed by atoms with Crippen molar-refractivity contribution in [1.29, 1.82) is 0 Å². The van der Waals surface area contributed by atoms with Gasteiger partial charge in [-0.15, -0.1) is 0 Å². The van der Waals surface area contributed by atoms with Gasteiger partial charge in [-0.3, -0.25) is 13.9 Å². The molecule has 202 valence electrons. The first-order chi connectivity index (χ1) is 18.0. The van der Waals surface area contributed by atoms with Gasteiger partial charge in [0.15, 0.2) is 0 Å². The minimum absolute atomic E-state index is 0.0928. The lowest BCUT2D eigenvalue weighted by molar-refractivity contribution is -0.139. The third-order valence-corrected chi connectivity index (χ3v) is 8.24. The molecule has 3 aromatic rings. The van der Waals surface area contributed by atoms with Crippen LogP contribution < -0.4 is 9.62 Å². The Labute approximate surface area is 226 Å². The highest BCUT2D eigenvalue weighted by atomic mass is 32.2. The molecule has 1 N–H and O–H groups in total. The molecular weight excluding hydrogens is 498 g/mol. The van der Waals surface area contributed by atoms with Crippen molar-refractivity contribution in [1.82, 2.24) is 10.2 Å². The van der Waals surface area contributed by atoms with Gasteiger partial charge in [0.05, 0.1) is 10.6 Å². The Kier molecular flexibility index (Phi) is 9.69. The maximum absolute atomic E-state index is 13.9. The van der Waals surface area contributed by atoms with Crippen LogP contribution in [0.25, 0.3) is 0 Å². The minimum Gasteiger partial charge on any atom is -0.355 e. The van der Waals surface area contributed by atoms with Crippen LogP contribution in [0.5, 0.6) is 0 Å². The van der Waals surface area contributed by atoms with Crippen LogP contribution in [-0.2, 0) is 26.2 Å². The second-order valence-electron chi connectivity index (χ2n) is 9.65. The third kappa shape index (κ3) is 7.01. The Hall–Kier alpha value is -3.65. The highest BCUT2D eigenvalue weighted by Crippen LogP contribution is 2.27. The number of nitrogens with one attached hydrogen (secondary N) is 1. The molecular formula is C30H37N3O4S. The quantitative estimate of drug-likeness (QED) is 0.380. The summed E-state index contributed by atoms with van der Waals surface area (Å²) in [5.74, 6) is -0.505. The molecule has 0 aliphatic carbocycles. The van der Waals surface area contributed by atoms with Gasteiger partial charge in [0.25, 0.3) is 10.0 Å². The highest BCUT2D eigenvalue weighted by Gasteiger charge is 2.32. The standard InChI is InChI=1S/C30H37N3O4S/c1-6-31-30(35)24(5)32(20-25-10-8-7-9-11-25)29(34)21-33(27-16-14-26(15-17-27)22(2)3)38(36,37)28-18-12-23(4)13-19-28/h7-19,22,24H,6,20-21H2,1-5H3,(H,31,35)/t24-/m0/s1. The molecule has 0 saturated heterocycles. The summed E-state index contributed by atoms with van der Waals surface area (Å²) in [5, 5.41) is 2.76. The van der Waals surface area contributed by atoms with Crippen molar-refractivity contribution in [2.75, 3.05) is 17.4 Å². The zero-order valence-corrected chi connectivity index (χ0v) is 23.5. The second kappa shape index (κ2) is 12.7. The molecule has 0 heterocycles. The fourth-order valence-corrected chi connectivity index (χ4v) is 5.49. The molecule has 0 aromatic heterocycles. The SMILES string of the molecule is CCNC(=O)[C@H](C)N(Cc1ccccc1)C(=O)CN(c1ccc(C(C)C)cc1)S(=O)(=O)c1ccc(C)cc1. The average molecular weight is 536 g/mol. The lowest BCUT2D eigenvalue weighted by Crippen LogP contribution is -2.51. The molecule has 7 nitrogen and oxygen atoms in total. The molecule has 2 amide bonds. The van der Waals surface area contributed by atoms with Gasteiger partial charge < -0.3 is 10.2 Å². The fourth-order valence-electron chi connectivity index (χ4n) is 4.08. The van der Waals surface area contributed by atoms with Crippen molar-refractivity contribution < 1.29 is 18.0 Å². The lowest BCUT2D eigenvalue weighted by Gasteiger charge is -2.32. The molecule has 3 aromatic carbocycles. The third-order valence-electron chi connectivity index (χ3n) is 6.45. The molecule has 0 aliphatic heterocycles. The first-order valence-corrected chi connectivity index (χ1v) is 14.3. The number of anilines is 1. The van der Waals surface area contributed by atoms with E-state index in [-0.39, 0.29) is 23.3 Å². The molecule has 0 spiro atoms. The largest absolute Gasteiger partial charge is 0.355 e. The van der Waals surface area contributed by atoms with Crippen LogP contribution in [0.3, 0.4) is 0 Å². The molecule has 0 bridgehead atoms. The van der Waals surface area contributed by atoms with Crippen LogP contribution >= 0.6 is 0 Å². The predicted molar refractivity (Wildman–Crippen MR) is 151 cm³/mol. The summed E-state index contributed by atoms with van der Waals surface area (Å²) < 4.78 is 28.9. The van der Waals surface area contributed by atoms with E-state index in [2.05, 4.69) is 19.2 Å². The summed E-state index contributed by atoms with van der Waals surface area (Å²) in [6, 6.07) is 22.3. The van der Waals surface area contributed by atoms with Crippen LogP contribution in [0.1, 0.15) is 50.3 Å². The number of sulfonamides is 1. The van der Waals surface area contributed by atoms with Gasteiger partial charge in [-0.1, -0.05) is 74.0 Å². The molecule has 8 heteroatoms. The molecule has 0 saturated carbocycles. The van der Waals surface area contributed by atoms with E-state index >= 15 is 0 Å². The van der Waals surface area contributed by atoms with Crippen molar-refractivity contribution in [2.45, 2.75) is 58.0 Å². The van der Waals surface area contributed by atoms with Gasteiger partial charge in [0.1, 0.15) is 12.6 Å². The second-order valence-corrected chi connectivity index (χ2v) is 11.5. The molecule has 0 fully saturated rings. The summed E-state index contributed by atoms with van der Waals surface area (Å²) >= 11 is 0. The summed E-state index contributed by atoms with van der Waals surface area (Å²) in [6.07, 6.45) is 0. The van der Waals surface area contributed by atoms with E-state index in [1.54, 1.807) is 43.3 Å². The van der Waals surface area contributed by atoms with Crippen LogP contribution in [0.15, 0.2) is 83.8 Å². The van der Waals surface area contributed by atoms with E-state index in [1.807, 2.05) is 56.3 Å². The number of hydrogen-bond acceptors (Lipinski definition) is 4. The van der Waals surface area contributed by atoms with Crippen LogP contribution in [0.4, 0.5) is 5.69 Å². The zero-order chi connectivity index (χ0) is 27.9. The minimum atomic E-state index is -4.08. The van der Waals surface area contributed by atoms with Crippen LogP contribution in [-0.4, -0.2) is 44.3 Å². The predicted octanol–water partition coefficient (Wildman–Crippen LogP) is 4.87. The normalized spacial score (nSPS) is 12.2. The van der Waals surface area contributed by atoms with Crippen molar-refractivity contribution in [3.63, 3.8) is 0 Å². The molecule has 0 unspecified atom stereocenters. The summed E-state index contributed by atoms with van der Waals surface area (Å²) in [5.41, 5.74) is 3.21. The number of likely N-dealkylation sites (N-methyl/N-ethyl adjacent to an activating group) is 1. The van der Waals surface area contributed by atoms with Crippen molar-refractivity contribution >= 4 is 27.5 Å². The molecule has 0 aliphatic rings. The van der Waals surface area contributed by atoms with E-state index in [0.717, 1.165) is 21.0 Å². The van der Waals surface area contributed by atoms with E-state index in [4.69, 9.17) is 0 Å². The van der Waals surface area contributed by atoms with E-state index in [0.29, 0.717) is 12.2 Å². The summed E-state index contributed by atoms with van der Waals surface area (Å²) in [4.78, 5) is 28.1. The number of carbonyl (C=O) groups is 2. The molecule has 3 rings (SSSR count). The molecule has 1 atom stereocenters. The van der Waals surface area contributed by atoms with Crippen molar-refractivity contribution in [3.8, 4) is 0 Å². The Morgan fingerprint density at radius 3 is 2.03 bits per heavy atom. The average Bonchev–Trinajstić information content (AvgIpc) is 2.90. The first kappa shape index (κ1) is 28.9. The lowest BCUT2D eigenvalue weighted by atomic mass is 10.0. The molecule has 38 heavy (non-hydrogen) atoms. The fraction of sp³-hybridized carbons (Fsp3) is 0.333. The smallest absolute Gasteiger partial charge is 0.264 e. The number of nitrogens with zero attached hydrogens (tertiary/aromatic N) is 2. The Balaban J connectivity index is 2.03. The van der Waals surface area contributed by atoms with Crippen molar-refractivity contribution in [3.05, 3.63) is 95.6 Å². The van der Waals surface area contributed by atoms with Crippen LogP contribution in [0.2, 0.25) is 0 Å². The van der Waals surface area contributed by atoms with Gasteiger partial charge in [-0.25, -0.2) is 8.42 Å². The number of benzene rings is 3. The summed E-state index contributed by atoms with van der Waals surface area (Å²) in [6.45, 7) is 9.61. The van der Waals surface area contributed by atoms with Gasteiger partial charge in [0, 0.05) is 13.1 Å². The van der Waals surface area contributed by atoms with E-state index in [9.17, 15) is 18.0 Å². The number of rotatable bonds is 11. The van der Waals surface area contributed by atoms with Gasteiger partial charge in [-0.05, 0) is 62.1 Å². The van der Waals surface area contributed by atoms with E-state index in [1.165, 1.54) is 4.90 Å². The summed E-state index contributed by atoms with van der Waals surface area (Å²) in [7, 11) is -4.08. The number of hydrogen-bond donors (Lipinski definition) is 1. The number of carbonyl (C=O) groups excluding carboxylic acids is 2. The van der Waals surface area contributed by atoms with Crippen molar-refractivity contribution in [2.24, 2.45) is 0 Å². The number of aryl methyl sites for hydroxylation is 1. The first-order valence-electron chi connectivity index (χ1n) is 12.8. The topological polar surface area (TPSA) is 86.8 Å². The van der Waals surface area contributed by atoms with Gasteiger partial charge in [-0.2, -0.15) is 0 Å². The van der Waals surface area contributed by atoms with E-state index < -0.39 is 28.5 Å². The Bertz CT molecular complexity index is 1320. The Morgan fingerprint density at radius 1 is 0.868 bits per heavy atom. The monoisotopic (exact) mass is 535 g/mol. The maximum atomic E-state index is 13.9. The van der Waals surface area contributed by atoms with Crippen LogP contribution in [0, 0.1) is 6.92 Å². The number of amides is 2.